The van der Waals surface area contributed by atoms with E-state index in [0.717, 1.165) is 55.4 Å². The SMILES string of the molecule is COCCOCCOCCOc1ccc(C2(c3ccc(COCCOCCOCCO)c(COCCOCCOCCO)c3)c3cc(B4OC(C)(C)C(C)(C)O4)ccc3-c3ccc(B4OC(C)(C)C(C)(C)O4)cc32)cc1OCCOCCOCCOC. The van der Waals surface area contributed by atoms with Crippen molar-refractivity contribution in [3.05, 3.63) is 106 Å². The van der Waals surface area contributed by atoms with Crippen molar-refractivity contribution in [3.8, 4) is 22.6 Å². The molecule has 0 aromatic heterocycles. The van der Waals surface area contributed by atoms with Gasteiger partial charge in [0.2, 0.25) is 0 Å². The van der Waals surface area contributed by atoms with E-state index in [-0.39, 0.29) is 59.5 Å². The summed E-state index contributed by atoms with van der Waals surface area (Å²) in [5.74, 6) is 1.03. The smallest absolute Gasteiger partial charge is 0.487 e. The van der Waals surface area contributed by atoms with E-state index in [9.17, 15) is 0 Å². The van der Waals surface area contributed by atoms with Gasteiger partial charge in [-0.1, -0.05) is 60.7 Å². The van der Waals surface area contributed by atoms with Crippen LogP contribution in [0.3, 0.4) is 0 Å². The molecule has 482 valence electrons. The number of hydrogen-bond donors (Lipinski definition) is 2. The lowest BCUT2D eigenvalue weighted by Gasteiger charge is -2.35. The minimum absolute atomic E-state index is 0.0450. The Hall–Kier alpha value is -4.11. The zero-order valence-corrected chi connectivity index (χ0v) is 53.2. The molecule has 0 radical (unpaired) electrons. The number of methoxy groups -OCH3 is 2. The fraction of sp³-hybridized carbons (Fsp3) is 0.631. The lowest BCUT2D eigenvalue weighted by molar-refractivity contribution is 0.00160. The third kappa shape index (κ3) is 19.0. The molecule has 0 atom stereocenters. The summed E-state index contributed by atoms with van der Waals surface area (Å²) in [5.41, 5.74) is 5.87. The summed E-state index contributed by atoms with van der Waals surface area (Å²) in [5, 5.41) is 18.3. The molecule has 2 heterocycles. The first kappa shape index (κ1) is 70.3. The van der Waals surface area contributed by atoms with Gasteiger partial charge in [0.05, 0.1) is 186 Å². The van der Waals surface area contributed by atoms with Crippen molar-refractivity contribution >= 4 is 25.2 Å². The molecule has 7 rings (SSSR count). The van der Waals surface area contributed by atoms with E-state index < -0.39 is 42.1 Å². The minimum atomic E-state index is -1.08. The van der Waals surface area contributed by atoms with Crippen molar-refractivity contribution in [1.82, 2.24) is 0 Å². The van der Waals surface area contributed by atoms with Crippen LogP contribution in [0.1, 0.15) is 88.8 Å². The van der Waals surface area contributed by atoms with Crippen LogP contribution in [0.25, 0.3) is 11.1 Å². The zero-order valence-electron chi connectivity index (χ0n) is 53.2. The Kier molecular flexibility index (Phi) is 28.2. The molecule has 0 unspecified atom stereocenters. The number of fused-ring (bicyclic) bond motifs is 3. The zero-order chi connectivity index (χ0) is 62.2. The number of hydrogen-bond acceptors (Lipinski definition) is 20. The van der Waals surface area contributed by atoms with Crippen LogP contribution in [-0.4, -0.2) is 220 Å². The number of ether oxygens (including phenoxy) is 14. The third-order valence-corrected chi connectivity index (χ3v) is 16.3. The fourth-order valence-electron chi connectivity index (χ4n) is 10.2. The second kappa shape index (κ2) is 34.9. The molecule has 4 aromatic carbocycles. The summed E-state index contributed by atoms with van der Waals surface area (Å²) in [6.07, 6.45) is 0. The van der Waals surface area contributed by atoms with Crippen LogP contribution in [0.15, 0.2) is 72.8 Å². The maximum Gasteiger partial charge on any atom is 0.494 e. The molecule has 20 nitrogen and oxygen atoms in total. The van der Waals surface area contributed by atoms with Crippen LogP contribution in [0.5, 0.6) is 11.5 Å². The first-order chi connectivity index (χ1) is 42.0. The Labute approximate surface area is 516 Å². The van der Waals surface area contributed by atoms with E-state index in [2.05, 4.69) is 122 Å². The van der Waals surface area contributed by atoms with Gasteiger partial charge in [0.15, 0.2) is 11.5 Å². The van der Waals surface area contributed by atoms with Crippen LogP contribution in [-0.2, 0) is 94.1 Å². The molecule has 0 bridgehead atoms. The molecule has 0 spiro atoms. The normalized spacial score (nSPS) is 16.9. The highest BCUT2D eigenvalue weighted by molar-refractivity contribution is 6.62. The minimum Gasteiger partial charge on any atom is -0.487 e. The largest absolute Gasteiger partial charge is 0.494 e. The fourth-order valence-corrected chi connectivity index (χ4v) is 10.2. The highest BCUT2D eigenvalue weighted by atomic mass is 16.7. The Morgan fingerprint density at radius 3 is 1.10 bits per heavy atom. The summed E-state index contributed by atoms with van der Waals surface area (Å²) < 4.78 is 109. The molecule has 2 saturated heterocycles. The maximum atomic E-state index is 9.16. The summed E-state index contributed by atoms with van der Waals surface area (Å²) in [7, 11) is 1.93. The monoisotopic (exact) mass is 1220 g/mol. The molecule has 3 aliphatic rings. The predicted octanol–water partition coefficient (Wildman–Crippen LogP) is 5.85. The van der Waals surface area contributed by atoms with Crippen LogP contribution < -0.4 is 20.4 Å². The topological polar surface area (TPSA) is 207 Å². The number of aliphatic hydroxyl groups excluding tert-OH is 2. The van der Waals surface area contributed by atoms with Crippen molar-refractivity contribution in [3.63, 3.8) is 0 Å². The van der Waals surface area contributed by atoms with Gasteiger partial charge in [-0.3, -0.25) is 0 Å². The average Bonchev–Trinajstić information content (AvgIpc) is 1.59. The highest BCUT2D eigenvalue weighted by Gasteiger charge is 2.55. The van der Waals surface area contributed by atoms with Gasteiger partial charge in [-0.15, -0.1) is 0 Å². The van der Waals surface area contributed by atoms with Crippen LogP contribution in [0.4, 0.5) is 0 Å². The van der Waals surface area contributed by atoms with Gasteiger partial charge in [0, 0.05) is 14.2 Å². The van der Waals surface area contributed by atoms with E-state index in [4.69, 9.17) is 95.1 Å². The summed E-state index contributed by atoms with van der Waals surface area (Å²) >= 11 is 0. The van der Waals surface area contributed by atoms with Crippen molar-refractivity contribution in [2.24, 2.45) is 0 Å². The highest BCUT2D eigenvalue weighted by Crippen LogP contribution is 2.57. The van der Waals surface area contributed by atoms with Crippen LogP contribution in [0.2, 0.25) is 0 Å². The lowest BCUT2D eigenvalue weighted by Crippen LogP contribution is -2.41. The number of benzene rings is 4. The predicted molar refractivity (Wildman–Crippen MR) is 330 cm³/mol. The second-order valence-corrected chi connectivity index (χ2v) is 23.3. The molecule has 2 aliphatic heterocycles. The van der Waals surface area contributed by atoms with Gasteiger partial charge in [0.1, 0.15) is 13.2 Å². The molecular weight excluding hydrogens is 1120 g/mol. The molecule has 1 aliphatic carbocycles. The first-order valence-corrected chi connectivity index (χ1v) is 30.5. The van der Waals surface area contributed by atoms with E-state index in [0.29, 0.717) is 124 Å². The summed E-state index contributed by atoms with van der Waals surface area (Å²) in [4.78, 5) is 0. The van der Waals surface area contributed by atoms with Crippen LogP contribution >= 0.6 is 0 Å². The Balaban J connectivity index is 1.36. The molecule has 2 fully saturated rings. The average molecular weight is 1220 g/mol. The number of rotatable bonds is 44. The van der Waals surface area contributed by atoms with E-state index in [1.54, 1.807) is 14.2 Å². The van der Waals surface area contributed by atoms with Crippen molar-refractivity contribution in [2.75, 3.05) is 173 Å². The lowest BCUT2D eigenvalue weighted by atomic mass is 9.64. The summed E-state index contributed by atoms with van der Waals surface area (Å²) in [6, 6.07) is 25.7. The van der Waals surface area contributed by atoms with E-state index in [1.807, 2.05) is 6.07 Å². The van der Waals surface area contributed by atoms with Gasteiger partial charge in [-0.05, 0) is 123 Å². The Bertz CT molecular complexity index is 2460. The van der Waals surface area contributed by atoms with E-state index in [1.165, 1.54) is 0 Å². The van der Waals surface area contributed by atoms with Crippen molar-refractivity contribution in [2.45, 2.75) is 96.4 Å². The van der Waals surface area contributed by atoms with Gasteiger partial charge in [-0.2, -0.15) is 0 Å². The molecular formula is C65H96B2O20. The maximum absolute atomic E-state index is 9.16. The van der Waals surface area contributed by atoms with Gasteiger partial charge >= 0.3 is 14.2 Å². The Morgan fingerprint density at radius 2 is 0.690 bits per heavy atom. The molecule has 2 N–H and O–H groups in total. The molecule has 4 aromatic rings. The van der Waals surface area contributed by atoms with Gasteiger partial charge in [-0.25, -0.2) is 0 Å². The molecule has 22 heteroatoms. The number of aliphatic hydroxyl groups is 2. The van der Waals surface area contributed by atoms with Gasteiger partial charge in [0.25, 0.3) is 0 Å². The standard InChI is InChI=1S/C65H96B2O20/c1-61(2)62(3,4)85-66(84-61)53-14-16-55-56-17-15-54(67-86-63(5,6)64(7,8)87-67)46-58(56)65(57(55)45-53,51-12-11-49(47-80-37-35-76-29-27-72-21-19-68)50(43-51)48-81-38-36-77-30-28-73-22-20-69)52-13-18-59(82-41-39-78-33-31-74-25-23-70-9)60(44-52)83-42-40-79-34-32-75-26-24-71-10/h11-18,43-46,68-69H,19-42,47-48H2,1-10H3. The summed E-state index contributed by atoms with van der Waals surface area (Å²) in [6.45, 7) is 24.9. The molecule has 0 saturated carbocycles. The second-order valence-electron chi connectivity index (χ2n) is 23.3. The van der Waals surface area contributed by atoms with Crippen molar-refractivity contribution in [1.29, 1.82) is 0 Å². The van der Waals surface area contributed by atoms with E-state index >= 15 is 0 Å². The molecule has 0 amide bonds. The van der Waals surface area contributed by atoms with Crippen molar-refractivity contribution < 1.29 is 95.1 Å². The first-order valence-electron chi connectivity index (χ1n) is 30.5. The quantitative estimate of drug-likeness (QED) is 0.0347. The third-order valence-electron chi connectivity index (χ3n) is 16.3. The molecule has 87 heavy (non-hydrogen) atoms. The van der Waals surface area contributed by atoms with Gasteiger partial charge < -0.3 is 95.1 Å². The Morgan fingerprint density at radius 1 is 0.345 bits per heavy atom. The van der Waals surface area contributed by atoms with Crippen LogP contribution in [0, 0.1) is 0 Å².